The molecule has 1 aliphatic rings. The molecular formula is C18H16N6S2. The molecule has 1 aliphatic heterocycles. The fourth-order valence-electron chi connectivity index (χ4n) is 3.10. The van der Waals surface area contributed by atoms with Gasteiger partial charge in [-0.3, -0.25) is 0 Å². The van der Waals surface area contributed by atoms with E-state index in [0.29, 0.717) is 0 Å². The second-order valence-corrected chi connectivity index (χ2v) is 8.02. The Kier molecular flexibility index (Phi) is 3.99. The van der Waals surface area contributed by atoms with Gasteiger partial charge in [0.2, 0.25) is 5.13 Å². The van der Waals surface area contributed by atoms with Crippen molar-refractivity contribution in [2.24, 2.45) is 0 Å². The standard InChI is InChI=1S/C18H16N6S2/c1-2-7-13-12(6-1)19-15(16(20-13)24-9-3-4-10-24)21-18-23-22-17(26-18)14-8-5-11-25-14/h1-2,5-8,11H,3-4,9-10H2,(H,19,21,23). The lowest BCUT2D eigenvalue weighted by Crippen LogP contribution is -2.21. The first-order valence-electron chi connectivity index (χ1n) is 8.53. The second-order valence-electron chi connectivity index (χ2n) is 6.09. The van der Waals surface area contributed by atoms with Crippen LogP contribution in [0.4, 0.5) is 16.8 Å². The van der Waals surface area contributed by atoms with E-state index >= 15 is 0 Å². The Morgan fingerprint density at radius 1 is 0.923 bits per heavy atom. The summed E-state index contributed by atoms with van der Waals surface area (Å²) in [5, 5.41) is 15.6. The van der Waals surface area contributed by atoms with E-state index in [1.807, 2.05) is 35.7 Å². The molecule has 0 amide bonds. The second kappa shape index (κ2) is 6.62. The van der Waals surface area contributed by atoms with Crippen molar-refractivity contribution in [2.75, 3.05) is 23.3 Å². The number of aromatic nitrogens is 4. The number of nitrogens with zero attached hydrogens (tertiary/aromatic N) is 5. The van der Waals surface area contributed by atoms with Gasteiger partial charge in [-0.05, 0) is 36.4 Å². The first-order chi connectivity index (χ1) is 12.9. The molecule has 1 aromatic carbocycles. The monoisotopic (exact) mass is 380 g/mol. The van der Waals surface area contributed by atoms with Crippen LogP contribution in [0, 0.1) is 0 Å². The fourth-order valence-corrected chi connectivity index (χ4v) is 4.63. The molecule has 0 bridgehead atoms. The molecule has 26 heavy (non-hydrogen) atoms. The zero-order chi connectivity index (χ0) is 17.3. The van der Waals surface area contributed by atoms with Crippen LogP contribution in [0.1, 0.15) is 12.8 Å². The van der Waals surface area contributed by atoms with Crippen molar-refractivity contribution in [3.8, 4) is 9.88 Å². The van der Waals surface area contributed by atoms with Crippen LogP contribution in [0.5, 0.6) is 0 Å². The summed E-state index contributed by atoms with van der Waals surface area (Å²) < 4.78 is 0. The van der Waals surface area contributed by atoms with E-state index in [4.69, 9.17) is 9.97 Å². The van der Waals surface area contributed by atoms with Crippen LogP contribution in [-0.4, -0.2) is 33.3 Å². The number of nitrogens with one attached hydrogen (secondary N) is 1. The van der Waals surface area contributed by atoms with Crippen LogP contribution in [0.3, 0.4) is 0 Å². The van der Waals surface area contributed by atoms with E-state index in [-0.39, 0.29) is 0 Å². The Labute approximate surface area is 158 Å². The van der Waals surface area contributed by atoms with Crippen LogP contribution in [0.25, 0.3) is 20.9 Å². The summed E-state index contributed by atoms with van der Waals surface area (Å²) in [6.45, 7) is 2.02. The molecule has 1 saturated heterocycles. The van der Waals surface area contributed by atoms with Crippen molar-refractivity contribution in [1.29, 1.82) is 0 Å². The minimum absolute atomic E-state index is 0.735. The summed E-state index contributed by atoms with van der Waals surface area (Å²) in [5.41, 5.74) is 1.79. The van der Waals surface area contributed by atoms with Crippen molar-refractivity contribution in [2.45, 2.75) is 12.8 Å². The number of hydrogen-bond acceptors (Lipinski definition) is 8. The van der Waals surface area contributed by atoms with Gasteiger partial charge in [-0.2, -0.15) is 0 Å². The Hall–Kier alpha value is -2.58. The molecule has 6 nitrogen and oxygen atoms in total. The van der Waals surface area contributed by atoms with Crippen molar-refractivity contribution in [3.05, 3.63) is 41.8 Å². The highest BCUT2D eigenvalue weighted by molar-refractivity contribution is 7.22. The Bertz CT molecular complexity index is 1040. The van der Waals surface area contributed by atoms with E-state index in [1.54, 1.807) is 11.3 Å². The smallest absolute Gasteiger partial charge is 0.211 e. The van der Waals surface area contributed by atoms with Gasteiger partial charge in [-0.15, -0.1) is 21.5 Å². The summed E-state index contributed by atoms with van der Waals surface area (Å²) in [7, 11) is 0. The average Bonchev–Trinajstić information content (AvgIpc) is 3.42. The zero-order valence-electron chi connectivity index (χ0n) is 13.9. The summed E-state index contributed by atoms with van der Waals surface area (Å²) in [5.74, 6) is 1.65. The molecule has 1 N–H and O–H groups in total. The molecule has 0 atom stereocenters. The number of fused-ring (bicyclic) bond motifs is 1. The fraction of sp³-hybridized carbons (Fsp3) is 0.222. The highest BCUT2D eigenvalue weighted by atomic mass is 32.1. The summed E-state index contributed by atoms with van der Waals surface area (Å²) in [4.78, 5) is 13.1. The van der Waals surface area contributed by atoms with Gasteiger partial charge in [0.1, 0.15) is 0 Å². The molecular weight excluding hydrogens is 364 g/mol. The van der Waals surface area contributed by atoms with E-state index in [0.717, 1.165) is 50.8 Å². The SMILES string of the molecule is c1csc(-c2nnc(Nc3nc4ccccc4nc3N3CCCC3)s2)c1. The van der Waals surface area contributed by atoms with Gasteiger partial charge in [0.05, 0.1) is 15.9 Å². The van der Waals surface area contributed by atoms with Crippen LogP contribution in [0.15, 0.2) is 41.8 Å². The third-order valence-corrected chi connectivity index (χ3v) is 6.22. The van der Waals surface area contributed by atoms with E-state index in [9.17, 15) is 0 Å². The number of thiophene rings is 1. The van der Waals surface area contributed by atoms with Crippen LogP contribution < -0.4 is 10.2 Å². The van der Waals surface area contributed by atoms with Crippen molar-refractivity contribution in [3.63, 3.8) is 0 Å². The lowest BCUT2D eigenvalue weighted by Gasteiger charge is -2.19. The Morgan fingerprint density at radius 2 is 1.73 bits per heavy atom. The van der Waals surface area contributed by atoms with Crippen LogP contribution in [0.2, 0.25) is 0 Å². The summed E-state index contributed by atoms with van der Waals surface area (Å²) in [6, 6.07) is 12.0. The van der Waals surface area contributed by atoms with Gasteiger partial charge in [-0.25, -0.2) is 9.97 Å². The highest BCUT2D eigenvalue weighted by Gasteiger charge is 2.20. The van der Waals surface area contributed by atoms with Gasteiger partial charge in [-0.1, -0.05) is 29.5 Å². The molecule has 4 heterocycles. The largest absolute Gasteiger partial charge is 0.354 e. The summed E-state index contributed by atoms with van der Waals surface area (Å²) >= 11 is 3.20. The molecule has 1 fully saturated rings. The van der Waals surface area contributed by atoms with Crippen molar-refractivity contribution >= 4 is 50.5 Å². The minimum Gasteiger partial charge on any atom is -0.354 e. The molecule has 5 rings (SSSR count). The van der Waals surface area contributed by atoms with Gasteiger partial charge in [0.25, 0.3) is 0 Å². The van der Waals surface area contributed by atoms with Crippen LogP contribution >= 0.6 is 22.7 Å². The van der Waals surface area contributed by atoms with Crippen LogP contribution in [-0.2, 0) is 0 Å². The number of rotatable bonds is 4. The topological polar surface area (TPSA) is 66.8 Å². The van der Waals surface area contributed by atoms with Gasteiger partial charge in [0, 0.05) is 13.1 Å². The van der Waals surface area contributed by atoms with Gasteiger partial charge in [0.15, 0.2) is 16.6 Å². The molecule has 0 aliphatic carbocycles. The summed E-state index contributed by atoms with van der Waals surface area (Å²) in [6.07, 6.45) is 2.38. The lowest BCUT2D eigenvalue weighted by molar-refractivity contribution is 0.938. The number of benzene rings is 1. The quantitative estimate of drug-likeness (QED) is 0.560. The third kappa shape index (κ3) is 2.91. The number of para-hydroxylation sites is 2. The molecule has 4 aromatic rings. The Balaban J connectivity index is 1.53. The maximum Gasteiger partial charge on any atom is 0.211 e. The molecule has 0 unspecified atom stereocenters. The first kappa shape index (κ1) is 15.7. The predicted octanol–water partition coefficient (Wildman–Crippen LogP) is 4.55. The van der Waals surface area contributed by atoms with E-state index in [1.165, 1.54) is 24.2 Å². The molecule has 8 heteroatoms. The highest BCUT2D eigenvalue weighted by Crippen LogP contribution is 2.34. The molecule has 130 valence electrons. The van der Waals surface area contributed by atoms with Crippen molar-refractivity contribution in [1.82, 2.24) is 20.2 Å². The molecule has 0 saturated carbocycles. The minimum atomic E-state index is 0.735. The molecule has 0 spiro atoms. The van der Waals surface area contributed by atoms with E-state index in [2.05, 4.69) is 26.5 Å². The van der Waals surface area contributed by atoms with E-state index < -0.39 is 0 Å². The Morgan fingerprint density at radius 3 is 2.50 bits per heavy atom. The number of anilines is 3. The lowest BCUT2D eigenvalue weighted by atomic mass is 10.3. The molecule has 3 aromatic heterocycles. The first-order valence-corrected chi connectivity index (χ1v) is 10.2. The maximum absolute atomic E-state index is 4.87. The number of hydrogen-bond donors (Lipinski definition) is 1. The third-order valence-electron chi connectivity index (χ3n) is 4.34. The molecule has 0 radical (unpaired) electrons. The van der Waals surface area contributed by atoms with Crippen molar-refractivity contribution < 1.29 is 0 Å². The van der Waals surface area contributed by atoms with Gasteiger partial charge < -0.3 is 10.2 Å². The maximum atomic E-state index is 4.87. The normalized spacial score (nSPS) is 14.2. The van der Waals surface area contributed by atoms with Gasteiger partial charge >= 0.3 is 0 Å². The average molecular weight is 381 g/mol. The predicted molar refractivity (Wildman–Crippen MR) is 107 cm³/mol. The zero-order valence-corrected chi connectivity index (χ0v) is 15.6.